The van der Waals surface area contributed by atoms with E-state index in [-0.39, 0.29) is 5.91 Å². The maximum atomic E-state index is 12.4. The third-order valence-electron chi connectivity index (χ3n) is 4.25. The Labute approximate surface area is 149 Å². The van der Waals surface area contributed by atoms with Crippen LogP contribution in [0.1, 0.15) is 16.1 Å². The van der Waals surface area contributed by atoms with Gasteiger partial charge in [0.15, 0.2) is 5.82 Å². The smallest absolute Gasteiger partial charge is 0.254 e. The highest BCUT2D eigenvalue weighted by Gasteiger charge is 2.23. The zero-order valence-corrected chi connectivity index (χ0v) is 14.7. The molecule has 4 rings (SSSR count). The van der Waals surface area contributed by atoms with Crippen LogP contribution in [-0.2, 0) is 0 Å². The minimum atomic E-state index is 0.108. The lowest BCUT2D eigenvalue weighted by Gasteiger charge is -2.35. The van der Waals surface area contributed by atoms with E-state index >= 15 is 0 Å². The third kappa shape index (κ3) is 3.25. The van der Waals surface area contributed by atoms with Crippen molar-refractivity contribution in [3.05, 3.63) is 52.7 Å². The van der Waals surface area contributed by atoms with Crippen LogP contribution in [-0.4, -0.2) is 56.7 Å². The Balaban J connectivity index is 1.45. The molecule has 1 amide bonds. The Morgan fingerprint density at radius 3 is 2.60 bits per heavy atom. The molecule has 7 nitrogen and oxygen atoms in total. The van der Waals surface area contributed by atoms with E-state index in [0.717, 1.165) is 36.0 Å². The first-order valence-corrected chi connectivity index (χ1v) is 9.06. The van der Waals surface area contributed by atoms with Crippen LogP contribution in [0.5, 0.6) is 0 Å². The summed E-state index contributed by atoms with van der Waals surface area (Å²) in [5.74, 6) is 1.71. The van der Waals surface area contributed by atoms with E-state index in [1.807, 2.05) is 47.0 Å². The van der Waals surface area contributed by atoms with Gasteiger partial charge in [-0.05, 0) is 24.4 Å². The minimum Gasteiger partial charge on any atom is -0.353 e. The van der Waals surface area contributed by atoms with Gasteiger partial charge in [0.25, 0.3) is 5.91 Å². The molecular weight excluding hydrogens is 336 g/mol. The number of anilines is 1. The number of piperazine rings is 1. The molecule has 0 aromatic carbocycles. The van der Waals surface area contributed by atoms with Crippen LogP contribution < -0.4 is 4.90 Å². The highest BCUT2D eigenvalue weighted by atomic mass is 32.1. The van der Waals surface area contributed by atoms with Gasteiger partial charge in [-0.25, -0.2) is 14.6 Å². The highest BCUT2D eigenvalue weighted by molar-refractivity contribution is 7.08. The van der Waals surface area contributed by atoms with E-state index in [4.69, 9.17) is 0 Å². The van der Waals surface area contributed by atoms with E-state index in [0.29, 0.717) is 13.1 Å². The summed E-state index contributed by atoms with van der Waals surface area (Å²) in [5, 5.41) is 8.22. The number of carbonyl (C=O) groups excluding carboxylic acids is 1. The van der Waals surface area contributed by atoms with E-state index < -0.39 is 0 Å². The zero-order valence-electron chi connectivity index (χ0n) is 13.9. The number of hydrogen-bond acceptors (Lipinski definition) is 6. The molecule has 0 atom stereocenters. The molecule has 1 aliphatic rings. The van der Waals surface area contributed by atoms with Crippen molar-refractivity contribution in [2.24, 2.45) is 0 Å². The molecule has 128 valence electrons. The standard InChI is InChI=1S/C17H18N6OS/c1-13-2-4-23(20-13)16-10-15(18-12-19-16)21-5-7-22(8-6-21)17(24)14-3-9-25-11-14/h2-4,9-12H,5-8H2,1H3. The largest absolute Gasteiger partial charge is 0.353 e. The Bertz CT molecular complexity index is 867. The number of nitrogens with zero attached hydrogens (tertiary/aromatic N) is 6. The lowest BCUT2D eigenvalue weighted by atomic mass is 10.2. The van der Waals surface area contributed by atoms with Crippen LogP contribution in [0.3, 0.4) is 0 Å². The quantitative estimate of drug-likeness (QED) is 0.720. The van der Waals surface area contributed by atoms with Gasteiger partial charge in [-0.2, -0.15) is 16.4 Å². The van der Waals surface area contributed by atoms with Crippen LogP contribution in [0.15, 0.2) is 41.5 Å². The molecule has 1 aliphatic heterocycles. The molecule has 3 aromatic rings. The van der Waals surface area contributed by atoms with Gasteiger partial charge in [0.05, 0.1) is 11.3 Å². The second kappa shape index (κ2) is 6.64. The summed E-state index contributed by atoms with van der Waals surface area (Å²) >= 11 is 1.55. The molecule has 1 saturated heterocycles. The summed E-state index contributed by atoms with van der Waals surface area (Å²) < 4.78 is 1.75. The Hall–Kier alpha value is -2.74. The Morgan fingerprint density at radius 1 is 1.12 bits per heavy atom. The summed E-state index contributed by atoms with van der Waals surface area (Å²) in [6.07, 6.45) is 3.45. The second-order valence-corrected chi connectivity index (χ2v) is 6.71. The Morgan fingerprint density at radius 2 is 1.92 bits per heavy atom. The van der Waals surface area contributed by atoms with Gasteiger partial charge in [0.1, 0.15) is 12.1 Å². The number of carbonyl (C=O) groups is 1. The van der Waals surface area contributed by atoms with Crippen molar-refractivity contribution in [3.63, 3.8) is 0 Å². The Kier molecular flexibility index (Phi) is 4.19. The zero-order chi connectivity index (χ0) is 17.2. The molecule has 0 saturated carbocycles. The number of thiophene rings is 1. The van der Waals surface area contributed by atoms with E-state index in [2.05, 4.69) is 20.0 Å². The predicted molar refractivity (Wildman–Crippen MR) is 96.3 cm³/mol. The summed E-state index contributed by atoms with van der Waals surface area (Å²) in [6.45, 7) is 4.83. The molecule has 0 radical (unpaired) electrons. The second-order valence-electron chi connectivity index (χ2n) is 5.93. The fraction of sp³-hybridized carbons (Fsp3) is 0.294. The molecule has 0 N–H and O–H groups in total. The van der Waals surface area contributed by atoms with Crippen molar-refractivity contribution >= 4 is 23.1 Å². The first-order chi connectivity index (χ1) is 12.2. The summed E-state index contributed by atoms with van der Waals surface area (Å²) in [4.78, 5) is 25.2. The molecule has 3 aromatic heterocycles. The summed E-state index contributed by atoms with van der Waals surface area (Å²) in [5.41, 5.74) is 1.72. The number of aromatic nitrogens is 4. The van der Waals surface area contributed by atoms with Gasteiger partial charge in [-0.15, -0.1) is 0 Å². The molecule has 25 heavy (non-hydrogen) atoms. The number of rotatable bonds is 3. The lowest BCUT2D eigenvalue weighted by molar-refractivity contribution is 0.0747. The first kappa shape index (κ1) is 15.8. The normalized spacial score (nSPS) is 14.8. The van der Waals surface area contributed by atoms with E-state index in [9.17, 15) is 4.79 Å². The van der Waals surface area contributed by atoms with Crippen LogP contribution in [0, 0.1) is 6.92 Å². The molecule has 4 heterocycles. The minimum absolute atomic E-state index is 0.108. The lowest BCUT2D eigenvalue weighted by Crippen LogP contribution is -2.49. The molecule has 0 aliphatic carbocycles. The van der Waals surface area contributed by atoms with Crippen molar-refractivity contribution in [2.45, 2.75) is 6.92 Å². The van der Waals surface area contributed by atoms with Crippen molar-refractivity contribution in [2.75, 3.05) is 31.1 Å². The maximum Gasteiger partial charge on any atom is 0.254 e. The van der Waals surface area contributed by atoms with Crippen molar-refractivity contribution in [3.8, 4) is 5.82 Å². The van der Waals surface area contributed by atoms with Gasteiger partial charge in [0, 0.05) is 43.8 Å². The molecule has 0 spiro atoms. The van der Waals surface area contributed by atoms with Crippen LogP contribution in [0.4, 0.5) is 5.82 Å². The van der Waals surface area contributed by atoms with Gasteiger partial charge in [0.2, 0.25) is 0 Å². The fourth-order valence-electron chi connectivity index (χ4n) is 2.89. The van der Waals surface area contributed by atoms with Crippen molar-refractivity contribution < 1.29 is 4.79 Å². The topological polar surface area (TPSA) is 67.2 Å². The third-order valence-corrected chi connectivity index (χ3v) is 4.94. The molecule has 1 fully saturated rings. The van der Waals surface area contributed by atoms with Gasteiger partial charge in [-0.3, -0.25) is 4.79 Å². The number of amides is 1. The van der Waals surface area contributed by atoms with Crippen LogP contribution in [0.25, 0.3) is 5.82 Å². The average Bonchev–Trinajstić information content (AvgIpc) is 3.33. The summed E-state index contributed by atoms with van der Waals surface area (Å²) in [7, 11) is 0. The highest BCUT2D eigenvalue weighted by Crippen LogP contribution is 2.17. The molecule has 0 bridgehead atoms. The van der Waals surface area contributed by atoms with Crippen molar-refractivity contribution in [1.82, 2.24) is 24.6 Å². The van der Waals surface area contributed by atoms with Gasteiger partial charge in [-0.1, -0.05) is 0 Å². The SMILES string of the molecule is Cc1ccn(-c2cc(N3CCN(C(=O)c4ccsc4)CC3)ncn2)n1. The van der Waals surface area contributed by atoms with Crippen LogP contribution in [0.2, 0.25) is 0 Å². The van der Waals surface area contributed by atoms with Crippen molar-refractivity contribution in [1.29, 1.82) is 0 Å². The fourth-order valence-corrected chi connectivity index (χ4v) is 3.52. The molecular formula is C17H18N6OS. The molecule has 8 heteroatoms. The van der Waals surface area contributed by atoms with E-state index in [1.165, 1.54) is 0 Å². The predicted octanol–water partition coefficient (Wildman–Crippen LogP) is 1.99. The first-order valence-electron chi connectivity index (χ1n) is 8.12. The number of aryl methyl sites for hydroxylation is 1. The summed E-state index contributed by atoms with van der Waals surface area (Å²) in [6, 6.07) is 5.75. The van der Waals surface area contributed by atoms with Gasteiger partial charge < -0.3 is 9.80 Å². The number of hydrogen-bond donors (Lipinski definition) is 0. The maximum absolute atomic E-state index is 12.4. The molecule has 0 unspecified atom stereocenters. The van der Waals surface area contributed by atoms with E-state index in [1.54, 1.807) is 22.3 Å². The average molecular weight is 354 g/mol. The monoisotopic (exact) mass is 354 g/mol. The van der Waals surface area contributed by atoms with Gasteiger partial charge >= 0.3 is 0 Å². The van der Waals surface area contributed by atoms with Crippen LogP contribution >= 0.6 is 11.3 Å².